The Hall–Kier alpha value is -1.81. The van der Waals surface area contributed by atoms with E-state index in [1.165, 1.54) is 0 Å². The van der Waals surface area contributed by atoms with Crippen LogP contribution in [0.3, 0.4) is 0 Å². The molecule has 2 N–H and O–H groups in total. The lowest BCUT2D eigenvalue weighted by Gasteiger charge is -2.21. The molecule has 114 valence electrons. The van der Waals surface area contributed by atoms with Gasteiger partial charge in [0.2, 0.25) is 0 Å². The van der Waals surface area contributed by atoms with Gasteiger partial charge in [0.05, 0.1) is 12.1 Å². The molecule has 1 heterocycles. The van der Waals surface area contributed by atoms with Crippen molar-refractivity contribution in [2.24, 2.45) is 5.73 Å². The molecule has 0 aliphatic rings. The number of benzene rings is 1. The summed E-state index contributed by atoms with van der Waals surface area (Å²) in [5.41, 5.74) is 7.65. The normalized spacial score (nSPS) is 11.8. The molecule has 0 bridgehead atoms. The van der Waals surface area contributed by atoms with Crippen LogP contribution in [-0.2, 0) is 10.2 Å². The van der Waals surface area contributed by atoms with E-state index in [9.17, 15) is 4.79 Å². The average molecular weight is 288 g/mol. The fourth-order valence-electron chi connectivity index (χ4n) is 2.35. The maximum atomic E-state index is 12.3. The van der Waals surface area contributed by atoms with Gasteiger partial charge in [0.25, 0.3) is 0 Å². The third-order valence-corrected chi connectivity index (χ3v) is 3.87. The van der Waals surface area contributed by atoms with Crippen LogP contribution < -0.4 is 5.73 Å². The molecule has 2 aromatic rings. The Morgan fingerprint density at radius 3 is 2.71 bits per heavy atom. The Balaban J connectivity index is 2.43. The number of fused-ring (bicyclic) bond motifs is 1. The van der Waals surface area contributed by atoms with Crippen molar-refractivity contribution in [2.45, 2.75) is 39.0 Å². The number of para-hydroxylation sites is 1. The van der Waals surface area contributed by atoms with E-state index in [-0.39, 0.29) is 11.5 Å². The number of nitrogens with zero attached hydrogens (tertiary/aromatic N) is 1. The average Bonchev–Trinajstić information content (AvgIpc) is 2.88. The highest BCUT2D eigenvalue weighted by Gasteiger charge is 2.25. The fourth-order valence-corrected chi connectivity index (χ4v) is 2.35. The minimum absolute atomic E-state index is 0.186. The number of hydrogen-bond donors (Lipinski definition) is 1. The van der Waals surface area contributed by atoms with E-state index in [2.05, 4.69) is 20.8 Å². The summed E-state index contributed by atoms with van der Waals surface area (Å²) in [7, 11) is 0. The monoisotopic (exact) mass is 288 g/mol. The highest BCUT2D eigenvalue weighted by Crippen LogP contribution is 2.31. The molecule has 4 nitrogen and oxygen atoms in total. The van der Waals surface area contributed by atoms with Gasteiger partial charge >= 0.3 is 6.09 Å². The second kappa shape index (κ2) is 6.31. The van der Waals surface area contributed by atoms with Gasteiger partial charge < -0.3 is 10.5 Å². The molecular formula is C17H24N2O2. The smallest absolute Gasteiger partial charge is 0.418 e. The van der Waals surface area contributed by atoms with Gasteiger partial charge in [-0.3, -0.25) is 4.57 Å². The largest absolute Gasteiger partial charge is 0.449 e. The van der Waals surface area contributed by atoms with E-state index >= 15 is 0 Å². The van der Waals surface area contributed by atoms with E-state index in [4.69, 9.17) is 10.5 Å². The first-order valence-electron chi connectivity index (χ1n) is 7.49. The number of ether oxygens (including phenoxy) is 1. The van der Waals surface area contributed by atoms with Gasteiger partial charge in [-0.15, -0.1) is 0 Å². The van der Waals surface area contributed by atoms with Gasteiger partial charge in [0, 0.05) is 23.5 Å². The molecule has 0 radical (unpaired) electrons. The Morgan fingerprint density at radius 2 is 2.05 bits per heavy atom. The van der Waals surface area contributed by atoms with Gasteiger partial charge in [-0.05, 0) is 18.1 Å². The van der Waals surface area contributed by atoms with Crippen LogP contribution >= 0.6 is 0 Å². The second-order valence-corrected chi connectivity index (χ2v) is 5.99. The van der Waals surface area contributed by atoms with Crippen LogP contribution in [0.25, 0.3) is 10.9 Å². The van der Waals surface area contributed by atoms with Crippen LogP contribution in [0.1, 0.15) is 39.2 Å². The number of hydrogen-bond acceptors (Lipinski definition) is 3. The number of carbonyl (C=O) groups is 1. The van der Waals surface area contributed by atoms with Gasteiger partial charge in [-0.25, -0.2) is 4.79 Å². The van der Waals surface area contributed by atoms with Gasteiger partial charge in [0.1, 0.15) is 0 Å². The summed E-state index contributed by atoms with van der Waals surface area (Å²) in [5, 5.41) is 1.06. The lowest BCUT2D eigenvalue weighted by Crippen LogP contribution is -2.28. The van der Waals surface area contributed by atoms with Crippen molar-refractivity contribution in [1.82, 2.24) is 4.57 Å². The molecule has 0 unspecified atom stereocenters. The fraction of sp³-hybridized carbons (Fsp3) is 0.471. The summed E-state index contributed by atoms with van der Waals surface area (Å²) in [6, 6.07) is 7.87. The molecule has 0 aliphatic heterocycles. The van der Waals surface area contributed by atoms with Crippen LogP contribution in [0.15, 0.2) is 30.5 Å². The van der Waals surface area contributed by atoms with E-state index in [0.29, 0.717) is 13.2 Å². The van der Waals surface area contributed by atoms with Crippen LogP contribution in [0.4, 0.5) is 4.79 Å². The molecule has 0 fully saturated rings. The SMILES string of the molecule is CCCCOC(=O)n1cc(C(C)(C)CN)c2ccccc21. The van der Waals surface area contributed by atoms with Crippen LogP contribution in [0.5, 0.6) is 0 Å². The maximum absolute atomic E-state index is 12.3. The van der Waals surface area contributed by atoms with Crippen molar-refractivity contribution in [2.75, 3.05) is 13.2 Å². The maximum Gasteiger partial charge on any atom is 0.418 e. The summed E-state index contributed by atoms with van der Waals surface area (Å²) in [6.45, 7) is 7.22. The summed E-state index contributed by atoms with van der Waals surface area (Å²) in [6.07, 6.45) is 3.43. The first-order chi connectivity index (χ1) is 10.0. The Kier molecular flexibility index (Phi) is 4.68. The highest BCUT2D eigenvalue weighted by molar-refractivity contribution is 5.92. The molecule has 2 rings (SSSR count). The zero-order chi connectivity index (χ0) is 15.5. The molecule has 0 saturated heterocycles. The van der Waals surface area contributed by atoms with Crippen molar-refractivity contribution in [1.29, 1.82) is 0 Å². The first-order valence-corrected chi connectivity index (χ1v) is 7.49. The first kappa shape index (κ1) is 15.6. The lowest BCUT2D eigenvalue weighted by molar-refractivity contribution is 0.147. The molecule has 0 spiro atoms. The Labute approximate surface area is 125 Å². The Morgan fingerprint density at radius 1 is 1.33 bits per heavy atom. The predicted octanol–water partition coefficient (Wildman–Crippen LogP) is 3.66. The van der Waals surface area contributed by atoms with Gasteiger partial charge in [0.15, 0.2) is 0 Å². The molecule has 0 atom stereocenters. The van der Waals surface area contributed by atoms with Crippen molar-refractivity contribution < 1.29 is 9.53 Å². The third kappa shape index (κ3) is 3.10. The van der Waals surface area contributed by atoms with Gasteiger partial charge in [-0.2, -0.15) is 0 Å². The van der Waals surface area contributed by atoms with Crippen molar-refractivity contribution in [3.05, 3.63) is 36.0 Å². The van der Waals surface area contributed by atoms with Crippen molar-refractivity contribution in [3.8, 4) is 0 Å². The second-order valence-electron chi connectivity index (χ2n) is 5.99. The van der Waals surface area contributed by atoms with E-state index in [1.807, 2.05) is 30.5 Å². The summed E-state index contributed by atoms with van der Waals surface area (Å²) < 4.78 is 6.92. The van der Waals surface area contributed by atoms with E-state index in [0.717, 1.165) is 29.3 Å². The highest BCUT2D eigenvalue weighted by atomic mass is 16.5. The molecule has 1 aromatic heterocycles. The van der Waals surface area contributed by atoms with Gasteiger partial charge in [-0.1, -0.05) is 45.4 Å². The third-order valence-electron chi connectivity index (χ3n) is 3.87. The molecule has 21 heavy (non-hydrogen) atoms. The number of nitrogens with two attached hydrogens (primary N) is 1. The minimum atomic E-state index is -0.321. The summed E-state index contributed by atoms with van der Waals surface area (Å²) in [4.78, 5) is 12.3. The molecule has 1 aromatic carbocycles. The predicted molar refractivity (Wildman–Crippen MR) is 85.7 cm³/mol. The molecule has 4 heteroatoms. The standard InChI is InChI=1S/C17H24N2O2/c1-4-5-10-21-16(20)19-11-14(17(2,3)12-18)13-8-6-7-9-15(13)19/h6-9,11H,4-5,10,12,18H2,1-3H3. The zero-order valence-electron chi connectivity index (χ0n) is 13.1. The zero-order valence-corrected chi connectivity index (χ0v) is 13.1. The topological polar surface area (TPSA) is 57.2 Å². The number of unbranched alkanes of at least 4 members (excludes halogenated alkanes) is 1. The summed E-state index contributed by atoms with van der Waals surface area (Å²) in [5.74, 6) is 0. The van der Waals surface area contributed by atoms with Crippen molar-refractivity contribution in [3.63, 3.8) is 0 Å². The minimum Gasteiger partial charge on any atom is -0.449 e. The van der Waals surface area contributed by atoms with Crippen LogP contribution in [0.2, 0.25) is 0 Å². The van der Waals surface area contributed by atoms with Crippen LogP contribution in [0, 0.1) is 0 Å². The molecule has 0 aliphatic carbocycles. The Bertz CT molecular complexity index is 629. The number of carbonyl (C=O) groups excluding carboxylic acids is 1. The summed E-state index contributed by atoms with van der Waals surface area (Å²) >= 11 is 0. The van der Waals surface area contributed by atoms with Crippen molar-refractivity contribution >= 4 is 17.0 Å². The number of aromatic nitrogens is 1. The van der Waals surface area contributed by atoms with E-state index in [1.54, 1.807) is 4.57 Å². The molecule has 0 amide bonds. The lowest BCUT2D eigenvalue weighted by atomic mass is 9.85. The van der Waals surface area contributed by atoms with Crippen LogP contribution in [-0.4, -0.2) is 23.8 Å². The molecular weight excluding hydrogens is 264 g/mol. The van der Waals surface area contributed by atoms with E-state index < -0.39 is 0 Å². The molecule has 0 saturated carbocycles. The quantitative estimate of drug-likeness (QED) is 0.854. The number of rotatable bonds is 5.